The minimum absolute atomic E-state index is 0. The van der Waals surface area contributed by atoms with Crippen molar-refractivity contribution in [2.45, 2.75) is 31.5 Å². The van der Waals surface area contributed by atoms with Crippen LogP contribution in [-0.2, 0) is 0 Å². The van der Waals surface area contributed by atoms with Crippen molar-refractivity contribution in [1.29, 1.82) is 0 Å². The summed E-state index contributed by atoms with van der Waals surface area (Å²) in [6, 6.07) is 12.7. The van der Waals surface area contributed by atoms with E-state index in [1.165, 1.54) is 56.4 Å². The second-order valence-corrected chi connectivity index (χ2v) is 9.87. The molecular weight excluding hydrogens is 806 g/mol. The van der Waals surface area contributed by atoms with E-state index in [0.717, 1.165) is 0 Å². The van der Waals surface area contributed by atoms with Gasteiger partial charge in [0, 0.05) is 23.7 Å². The Hall–Kier alpha value is -4.02. The van der Waals surface area contributed by atoms with Gasteiger partial charge in [0.15, 0.2) is 0 Å². The fraction of sp³-hybridized carbons (Fsp3) is 0.233. The molecule has 44 heavy (non-hydrogen) atoms. The van der Waals surface area contributed by atoms with Crippen molar-refractivity contribution in [3.8, 4) is 22.5 Å². The predicted molar refractivity (Wildman–Crippen MR) is 154 cm³/mol. The number of hydrogen-bond donors (Lipinski definition) is 3. The number of furan rings is 1. The number of nitrogens with zero attached hydrogens (tertiary/aromatic N) is 3. The van der Waals surface area contributed by atoms with Gasteiger partial charge in [-0.05, 0) is 66.4 Å². The molecule has 1 aliphatic carbocycles. The van der Waals surface area contributed by atoms with Gasteiger partial charge in [0.25, 0.3) is 11.8 Å². The molecule has 0 saturated heterocycles. The average Bonchev–Trinajstić information content (AvgIpc) is 3.67. The van der Waals surface area contributed by atoms with Crippen molar-refractivity contribution in [1.82, 2.24) is 15.6 Å². The molecule has 5 rings (SSSR count). The molecule has 4 aromatic rings. The second-order valence-electron chi connectivity index (χ2n) is 9.87. The van der Waals surface area contributed by atoms with Crippen molar-refractivity contribution in [3.05, 3.63) is 77.0 Å². The van der Waals surface area contributed by atoms with E-state index in [1.54, 1.807) is 12.1 Å². The van der Waals surface area contributed by atoms with Gasteiger partial charge in [0.2, 0.25) is 5.71 Å². The maximum absolute atomic E-state index is 13.6. The number of carbonyl (C=O) groups is 2. The fourth-order valence-corrected chi connectivity index (χ4v) is 4.58. The molecule has 2 aromatic carbocycles. The first-order chi connectivity index (χ1) is 20.4. The molecule has 3 N–H and O–H groups in total. The van der Waals surface area contributed by atoms with Crippen molar-refractivity contribution in [2.75, 3.05) is 18.9 Å². The van der Waals surface area contributed by atoms with Crippen LogP contribution in [0.15, 0.2) is 64.0 Å². The van der Waals surface area contributed by atoms with E-state index in [2.05, 4.69) is 32.1 Å². The van der Waals surface area contributed by atoms with Gasteiger partial charge in [0.05, 0.1) is 10.9 Å². The summed E-state index contributed by atoms with van der Waals surface area (Å²) in [6.07, 6.45) is -1.17. The van der Waals surface area contributed by atoms with E-state index >= 15 is 0 Å². The molecule has 0 unspecified atom stereocenters. The van der Waals surface area contributed by atoms with Crippen LogP contribution >= 0.6 is 0 Å². The number of hydrogen-bond acceptors (Lipinski definition) is 5. The summed E-state index contributed by atoms with van der Waals surface area (Å²) in [5.41, 5.74) is -0.109. The number of amides is 2. The summed E-state index contributed by atoms with van der Waals surface area (Å²) in [7, 11) is 1.40. The molecular formula is C30H24F4N6O3U. The van der Waals surface area contributed by atoms with Gasteiger partial charge in [-0.15, -0.1) is 6.92 Å². The van der Waals surface area contributed by atoms with Crippen LogP contribution in [0, 0.1) is 36.9 Å². The van der Waals surface area contributed by atoms with Gasteiger partial charge in [-0.2, -0.15) is 18.2 Å². The minimum atomic E-state index is -4.58. The van der Waals surface area contributed by atoms with E-state index < -0.39 is 35.9 Å². The third-order valence-corrected chi connectivity index (χ3v) is 6.88. The molecule has 0 radical (unpaired) electrons. The molecule has 0 atom stereocenters. The Balaban J connectivity index is 0.00000442. The zero-order valence-corrected chi connectivity index (χ0v) is 27.6. The number of anilines is 1. The normalized spacial score (nSPS) is 13.8. The van der Waals surface area contributed by atoms with Gasteiger partial charge < -0.3 is 37.0 Å². The van der Waals surface area contributed by atoms with E-state index in [4.69, 9.17) is 4.42 Å². The summed E-state index contributed by atoms with van der Waals surface area (Å²) in [6.45, 7) is 0.0875. The molecule has 0 aliphatic heterocycles. The Morgan fingerprint density at radius 2 is 1.80 bits per heavy atom. The van der Waals surface area contributed by atoms with E-state index in [0.29, 0.717) is 24.0 Å². The second kappa shape index (κ2) is 12.9. The van der Waals surface area contributed by atoms with Crippen LogP contribution in [0.25, 0.3) is 39.0 Å². The third kappa shape index (κ3) is 6.87. The molecule has 2 aromatic heterocycles. The van der Waals surface area contributed by atoms with Crippen molar-refractivity contribution in [2.24, 2.45) is 4.99 Å². The first-order valence-electron chi connectivity index (χ1n) is 13.1. The first kappa shape index (κ1) is 32.9. The number of nitrogens with one attached hydrogen (secondary N) is 3. The summed E-state index contributed by atoms with van der Waals surface area (Å²) in [5.74, 6) is -2.04. The maximum Gasteiger partial charge on any atom is 2.00 e. The molecule has 1 saturated carbocycles. The van der Waals surface area contributed by atoms with Gasteiger partial charge in [-0.3, -0.25) is 9.59 Å². The number of benzene rings is 2. The Morgan fingerprint density at radius 1 is 1.09 bits per heavy atom. The molecule has 224 valence electrons. The summed E-state index contributed by atoms with van der Waals surface area (Å²) >= 11 is 0. The average molecular weight is 831 g/mol. The number of pyridine rings is 1. The van der Waals surface area contributed by atoms with Gasteiger partial charge >= 0.3 is 37.3 Å². The number of halogens is 4. The van der Waals surface area contributed by atoms with Gasteiger partial charge in [-0.1, -0.05) is 12.1 Å². The van der Waals surface area contributed by atoms with E-state index in [-0.39, 0.29) is 76.3 Å². The molecule has 1 fully saturated rings. The van der Waals surface area contributed by atoms with E-state index in [9.17, 15) is 32.6 Å². The van der Waals surface area contributed by atoms with Crippen LogP contribution in [-0.4, -0.2) is 54.2 Å². The summed E-state index contributed by atoms with van der Waals surface area (Å²) in [4.78, 5) is 34.2. The monoisotopic (exact) mass is 830 g/mol. The van der Waals surface area contributed by atoms with Crippen LogP contribution in [0.5, 0.6) is 0 Å². The van der Waals surface area contributed by atoms with Crippen molar-refractivity contribution < 1.29 is 62.7 Å². The molecule has 2 heterocycles. The number of fused-ring (bicyclic) bond motifs is 1. The van der Waals surface area contributed by atoms with Crippen LogP contribution in [0.1, 0.15) is 40.5 Å². The number of carbonyl (C=O) groups excluding carboxylic acids is 2. The molecule has 2 amide bonds. The topological polar surface area (TPSA) is 131 Å². The van der Waals surface area contributed by atoms with Gasteiger partial charge in [0.1, 0.15) is 23.9 Å². The minimum Gasteiger partial charge on any atom is -0.643 e. The number of aromatic nitrogens is 1. The predicted octanol–water partition coefficient (Wildman–Crippen LogP) is 5.83. The standard InChI is InChI=1S/C30H24F4N6O3.U/c1-3-37-28(35)29(11-12-29)40-25(41)18-6-4-5-17(13-18)20-14-21-22(26(42)36-2)23(16-7-9-19(31)10-8-16)43-27(21)39-24(20)38-15-30(32,33)34;/h4-10,13-14H,11-12,15H2,1-2H3,(H,36,42)(H,38,39)(H,40,41);/q-2;+2. The zero-order valence-electron chi connectivity index (χ0n) is 23.4. The summed E-state index contributed by atoms with van der Waals surface area (Å²) in [5, 5.41) is 18.0. The largest absolute Gasteiger partial charge is 2.00 e. The number of alkyl halides is 3. The van der Waals surface area contributed by atoms with E-state index in [1.807, 2.05) is 0 Å². The number of amidine groups is 1. The van der Waals surface area contributed by atoms with Crippen molar-refractivity contribution >= 4 is 40.8 Å². The van der Waals surface area contributed by atoms with Crippen LogP contribution in [0.3, 0.4) is 0 Å². The van der Waals surface area contributed by atoms with Crippen LogP contribution in [0.4, 0.5) is 23.4 Å². The van der Waals surface area contributed by atoms with Crippen LogP contribution < -0.4 is 16.0 Å². The molecule has 14 heteroatoms. The maximum atomic E-state index is 13.6. The van der Waals surface area contributed by atoms with Crippen LogP contribution in [0.2, 0.25) is 0 Å². The zero-order chi connectivity index (χ0) is 30.9. The van der Waals surface area contributed by atoms with Gasteiger partial charge in [-0.25, -0.2) is 10.2 Å². The van der Waals surface area contributed by atoms with Crippen molar-refractivity contribution in [3.63, 3.8) is 0 Å². The Morgan fingerprint density at radius 3 is 2.41 bits per heavy atom. The molecule has 9 nitrogen and oxygen atoms in total. The Bertz CT molecular complexity index is 1770. The third-order valence-electron chi connectivity index (χ3n) is 6.88. The number of aliphatic imine (C=N–C) groups is 1. The molecule has 0 spiro atoms. The Labute approximate surface area is 272 Å². The fourth-order valence-electron chi connectivity index (χ4n) is 4.58. The molecule has 1 aliphatic rings. The quantitative estimate of drug-likeness (QED) is 0.0891. The SMILES string of the molecule is C[C-]=NC(=[N-])C1(NC(=O)c2cccc(-c3cc4c(C(=O)NC)c(-c5ccc(F)cc5)oc4nc3NCC(F)(F)F)c2)CC1.[U+2]. The smallest absolute Gasteiger partial charge is 0.643 e. The summed E-state index contributed by atoms with van der Waals surface area (Å²) < 4.78 is 59.1. The Kier molecular flexibility index (Phi) is 9.65. The molecule has 0 bridgehead atoms. The number of rotatable bonds is 8. The first-order valence-corrected chi connectivity index (χ1v) is 13.1.